The van der Waals surface area contributed by atoms with Gasteiger partial charge >= 0.3 is 11.9 Å². The number of hydrogen-bond donors (Lipinski definition) is 0. The van der Waals surface area contributed by atoms with Gasteiger partial charge < -0.3 is 18.9 Å². The van der Waals surface area contributed by atoms with Crippen LogP contribution in [0.25, 0.3) is 11.4 Å². The molecule has 0 amide bonds. The first-order chi connectivity index (χ1) is 16.6. The Hall–Kier alpha value is -4.72. The summed E-state index contributed by atoms with van der Waals surface area (Å²) in [4.78, 5) is 33.7. The average molecular weight is 456 g/mol. The largest absolute Gasteiger partial charge is 0.497 e. The molecule has 170 valence electrons. The van der Waals surface area contributed by atoms with Gasteiger partial charge in [0.1, 0.15) is 23.0 Å². The number of nitrogens with zero attached hydrogens (tertiary/aromatic N) is 2. The normalized spacial score (nSPS) is 10.3. The van der Waals surface area contributed by atoms with Gasteiger partial charge in [0.05, 0.1) is 36.7 Å². The molecule has 0 fully saturated rings. The van der Waals surface area contributed by atoms with E-state index in [1.54, 1.807) is 74.9 Å². The van der Waals surface area contributed by atoms with Crippen LogP contribution in [0.3, 0.4) is 0 Å². The van der Waals surface area contributed by atoms with Crippen molar-refractivity contribution in [2.45, 2.75) is 0 Å². The molecule has 0 aliphatic rings. The molecule has 0 N–H and O–H groups in total. The van der Waals surface area contributed by atoms with Gasteiger partial charge in [0.15, 0.2) is 0 Å². The molecule has 2 heterocycles. The van der Waals surface area contributed by atoms with E-state index in [0.29, 0.717) is 34.4 Å². The van der Waals surface area contributed by atoms with Gasteiger partial charge in [-0.15, -0.1) is 0 Å². The van der Waals surface area contributed by atoms with Crippen LogP contribution in [0.5, 0.6) is 23.0 Å². The first-order valence-corrected chi connectivity index (χ1v) is 10.2. The molecule has 8 heteroatoms. The number of methoxy groups -OCH3 is 2. The molecule has 0 bridgehead atoms. The quantitative estimate of drug-likeness (QED) is 0.294. The Balaban J connectivity index is 1.49. The zero-order valence-electron chi connectivity index (χ0n) is 18.4. The first kappa shape index (κ1) is 22.5. The summed E-state index contributed by atoms with van der Waals surface area (Å²) in [7, 11) is 3.11. The first-order valence-electron chi connectivity index (χ1n) is 10.2. The molecular formula is C26H20N2O6. The molecule has 0 saturated heterocycles. The smallest absolute Gasteiger partial charge is 0.343 e. The minimum atomic E-state index is -0.552. The Labute approximate surface area is 195 Å². The zero-order chi connectivity index (χ0) is 23.9. The van der Waals surface area contributed by atoms with E-state index in [2.05, 4.69) is 9.97 Å². The number of carbonyl (C=O) groups is 2. The lowest BCUT2D eigenvalue weighted by Crippen LogP contribution is -2.10. The summed E-state index contributed by atoms with van der Waals surface area (Å²) in [5.74, 6) is 0.967. The third-order valence-electron chi connectivity index (χ3n) is 4.79. The maximum atomic E-state index is 12.6. The molecule has 0 spiro atoms. The predicted octanol–water partition coefficient (Wildman–Crippen LogP) is 4.60. The monoisotopic (exact) mass is 456 g/mol. The average Bonchev–Trinajstić information content (AvgIpc) is 2.89. The molecule has 0 atom stereocenters. The van der Waals surface area contributed by atoms with Crippen LogP contribution in [0.2, 0.25) is 0 Å². The van der Waals surface area contributed by atoms with E-state index < -0.39 is 11.9 Å². The summed E-state index contributed by atoms with van der Waals surface area (Å²) < 4.78 is 21.0. The number of rotatable bonds is 7. The second-order valence-electron chi connectivity index (χ2n) is 6.99. The van der Waals surface area contributed by atoms with E-state index in [4.69, 9.17) is 18.9 Å². The fourth-order valence-corrected chi connectivity index (χ4v) is 3.01. The molecule has 8 nitrogen and oxygen atoms in total. The van der Waals surface area contributed by atoms with Crippen LogP contribution in [-0.4, -0.2) is 36.1 Å². The Morgan fingerprint density at radius 3 is 1.26 bits per heavy atom. The molecule has 4 rings (SSSR count). The van der Waals surface area contributed by atoms with Gasteiger partial charge in [-0.2, -0.15) is 0 Å². The highest BCUT2D eigenvalue weighted by Crippen LogP contribution is 2.22. The zero-order valence-corrected chi connectivity index (χ0v) is 18.4. The lowest BCUT2D eigenvalue weighted by molar-refractivity contribution is 0.0724. The van der Waals surface area contributed by atoms with Gasteiger partial charge in [-0.3, -0.25) is 9.97 Å². The molecule has 0 aliphatic heterocycles. The molecule has 2 aromatic carbocycles. The number of pyridine rings is 2. The minimum Gasteiger partial charge on any atom is -0.497 e. The van der Waals surface area contributed by atoms with Crippen molar-refractivity contribution < 1.29 is 28.5 Å². The van der Waals surface area contributed by atoms with Gasteiger partial charge in [0.2, 0.25) is 0 Å². The van der Waals surface area contributed by atoms with E-state index in [1.807, 2.05) is 0 Å². The van der Waals surface area contributed by atoms with Crippen LogP contribution in [-0.2, 0) is 0 Å². The highest BCUT2D eigenvalue weighted by Gasteiger charge is 2.14. The third-order valence-corrected chi connectivity index (χ3v) is 4.79. The summed E-state index contributed by atoms with van der Waals surface area (Å²) in [5, 5.41) is 0. The number of hydrogen-bond acceptors (Lipinski definition) is 8. The van der Waals surface area contributed by atoms with E-state index in [-0.39, 0.29) is 11.1 Å². The van der Waals surface area contributed by atoms with Crippen molar-refractivity contribution in [1.82, 2.24) is 9.97 Å². The van der Waals surface area contributed by atoms with Crippen LogP contribution in [0, 0.1) is 0 Å². The third kappa shape index (κ3) is 5.36. The maximum absolute atomic E-state index is 12.6. The van der Waals surface area contributed by atoms with E-state index >= 15 is 0 Å². The van der Waals surface area contributed by atoms with Crippen molar-refractivity contribution in [1.29, 1.82) is 0 Å². The second-order valence-corrected chi connectivity index (χ2v) is 6.99. The fraction of sp³-hybridized carbons (Fsp3) is 0.0769. The standard InChI is InChI=1S/C26H20N2O6/c1-31-19-3-7-21(8-4-19)33-25(29)17-11-13-27-23(15-17)24-16-18(12-14-28-24)26(30)34-22-9-5-20(32-2)6-10-22/h3-16H,1-2H3. The molecular weight excluding hydrogens is 436 g/mol. The predicted molar refractivity (Wildman–Crippen MR) is 123 cm³/mol. The Morgan fingerprint density at radius 2 is 0.912 bits per heavy atom. The van der Waals surface area contributed by atoms with Crippen LogP contribution in [0.15, 0.2) is 85.2 Å². The van der Waals surface area contributed by atoms with Crippen molar-refractivity contribution in [2.24, 2.45) is 0 Å². The highest BCUT2D eigenvalue weighted by molar-refractivity contribution is 5.93. The van der Waals surface area contributed by atoms with Crippen LogP contribution in [0.1, 0.15) is 20.7 Å². The number of carbonyl (C=O) groups excluding carboxylic acids is 2. The molecule has 0 aliphatic carbocycles. The lowest BCUT2D eigenvalue weighted by atomic mass is 10.1. The van der Waals surface area contributed by atoms with Gasteiger partial charge in [0.25, 0.3) is 0 Å². The highest BCUT2D eigenvalue weighted by atomic mass is 16.5. The SMILES string of the molecule is COc1ccc(OC(=O)c2ccnc(-c3cc(C(=O)Oc4ccc(OC)cc4)ccn3)c2)cc1. The van der Waals surface area contributed by atoms with Crippen molar-refractivity contribution >= 4 is 11.9 Å². The summed E-state index contributed by atoms with van der Waals surface area (Å²) in [6.45, 7) is 0. The Bertz CT molecular complexity index is 1200. The van der Waals surface area contributed by atoms with Crippen LogP contribution >= 0.6 is 0 Å². The molecule has 4 aromatic rings. The van der Waals surface area contributed by atoms with E-state index in [9.17, 15) is 9.59 Å². The Kier molecular flexibility index (Phi) is 6.78. The molecule has 34 heavy (non-hydrogen) atoms. The number of benzene rings is 2. The van der Waals surface area contributed by atoms with Gasteiger partial charge in [0, 0.05) is 12.4 Å². The van der Waals surface area contributed by atoms with E-state index in [0.717, 1.165) is 0 Å². The van der Waals surface area contributed by atoms with Gasteiger partial charge in [-0.05, 0) is 72.8 Å². The molecule has 0 saturated carbocycles. The number of esters is 2. The van der Waals surface area contributed by atoms with Crippen molar-refractivity contribution in [3.63, 3.8) is 0 Å². The topological polar surface area (TPSA) is 96.8 Å². The van der Waals surface area contributed by atoms with Crippen molar-refractivity contribution in [3.8, 4) is 34.4 Å². The minimum absolute atomic E-state index is 0.286. The Morgan fingerprint density at radius 1 is 0.559 bits per heavy atom. The fourth-order valence-electron chi connectivity index (χ4n) is 3.01. The summed E-state index contributed by atoms with van der Waals surface area (Å²) >= 11 is 0. The van der Waals surface area contributed by atoms with Crippen LogP contribution in [0.4, 0.5) is 0 Å². The lowest BCUT2D eigenvalue weighted by Gasteiger charge is -2.08. The summed E-state index contributed by atoms with van der Waals surface area (Å²) in [5.41, 5.74) is 1.38. The number of aromatic nitrogens is 2. The van der Waals surface area contributed by atoms with Gasteiger partial charge in [-0.25, -0.2) is 9.59 Å². The summed E-state index contributed by atoms with van der Waals surface area (Å²) in [6.07, 6.45) is 2.95. The van der Waals surface area contributed by atoms with Crippen LogP contribution < -0.4 is 18.9 Å². The summed E-state index contributed by atoms with van der Waals surface area (Å²) in [6, 6.07) is 19.5. The second kappa shape index (κ2) is 10.3. The van der Waals surface area contributed by atoms with Crippen molar-refractivity contribution in [3.05, 3.63) is 96.3 Å². The maximum Gasteiger partial charge on any atom is 0.343 e. The molecule has 2 aromatic heterocycles. The number of ether oxygens (including phenoxy) is 4. The molecule has 0 unspecified atom stereocenters. The molecule has 0 radical (unpaired) electrons. The van der Waals surface area contributed by atoms with Gasteiger partial charge in [-0.1, -0.05) is 0 Å². The van der Waals surface area contributed by atoms with Crippen molar-refractivity contribution in [2.75, 3.05) is 14.2 Å². The van der Waals surface area contributed by atoms with E-state index in [1.165, 1.54) is 24.5 Å².